The smallest absolute Gasteiger partial charge is 0.241 e. The van der Waals surface area contributed by atoms with Gasteiger partial charge in [0.25, 0.3) is 0 Å². The molecule has 132 valence electrons. The molecule has 1 aromatic carbocycles. The van der Waals surface area contributed by atoms with Gasteiger partial charge in [-0.1, -0.05) is 36.8 Å². The summed E-state index contributed by atoms with van der Waals surface area (Å²) in [5, 5.41) is 6.45. The Kier molecular flexibility index (Phi) is 7.09. The second kappa shape index (κ2) is 9.30. The van der Waals surface area contributed by atoms with Gasteiger partial charge < -0.3 is 15.5 Å². The van der Waals surface area contributed by atoms with Crippen molar-refractivity contribution in [3.05, 3.63) is 35.4 Å². The van der Waals surface area contributed by atoms with E-state index in [9.17, 15) is 4.79 Å². The maximum absolute atomic E-state index is 12.2. The van der Waals surface area contributed by atoms with Crippen molar-refractivity contribution in [3.63, 3.8) is 0 Å². The van der Waals surface area contributed by atoms with Gasteiger partial charge in [-0.2, -0.15) is 0 Å². The van der Waals surface area contributed by atoms with Gasteiger partial charge in [0.2, 0.25) is 5.91 Å². The van der Waals surface area contributed by atoms with Gasteiger partial charge in [-0.05, 0) is 37.7 Å². The van der Waals surface area contributed by atoms with Crippen molar-refractivity contribution in [1.29, 1.82) is 0 Å². The summed E-state index contributed by atoms with van der Waals surface area (Å²) < 4.78 is 0. The average molecular weight is 330 g/mol. The monoisotopic (exact) mass is 330 g/mol. The zero-order valence-corrected chi connectivity index (χ0v) is 15.1. The van der Waals surface area contributed by atoms with Crippen LogP contribution in [-0.2, 0) is 4.79 Å². The third-order valence-corrected chi connectivity index (χ3v) is 4.53. The molecule has 1 fully saturated rings. The molecule has 0 aliphatic carbocycles. The highest BCUT2D eigenvalue weighted by Crippen LogP contribution is 2.15. The van der Waals surface area contributed by atoms with Crippen LogP contribution < -0.4 is 10.6 Å². The van der Waals surface area contributed by atoms with Crippen molar-refractivity contribution in [1.82, 2.24) is 15.5 Å². The largest absolute Gasteiger partial charge is 0.356 e. The molecule has 1 unspecified atom stereocenters. The lowest BCUT2D eigenvalue weighted by molar-refractivity contribution is -0.130. The van der Waals surface area contributed by atoms with Crippen LogP contribution in [0.4, 0.5) is 0 Å². The lowest BCUT2D eigenvalue weighted by Gasteiger charge is -2.27. The van der Waals surface area contributed by atoms with Crippen molar-refractivity contribution in [2.24, 2.45) is 4.99 Å². The summed E-state index contributed by atoms with van der Waals surface area (Å²) in [5.41, 5.74) is 2.58. The van der Waals surface area contributed by atoms with E-state index in [2.05, 4.69) is 53.7 Å². The topological polar surface area (TPSA) is 56.7 Å². The lowest BCUT2D eigenvalue weighted by atomic mass is 9.99. The molecule has 1 atom stereocenters. The van der Waals surface area contributed by atoms with Gasteiger partial charge in [0.15, 0.2) is 5.96 Å². The number of aryl methyl sites for hydroxylation is 1. The fourth-order valence-corrected chi connectivity index (χ4v) is 2.98. The molecule has 2 rings (SSSR count). The van der Waals surface area contributed by atoms with Gasteiger partial charge in [0.1, 0.15) is 0 Å². The molecule has 2 N–H and O–H groups in total. The summed E-state index contributed by atoms with van der Waals surface area (Å²) in [5.74, 6) is 1.21. The number of hydrogen-bond donors (Lipinski definition) is 2. The van der Waals surface area contributed by atoms with Crippen LogP contribution in [0.25, 0.3) is 0 Å². The minimum Gasteiger partial charge on any atom is -0.356 e. The first-order chi connectivity index (χ1) is 11.6. The number of amides is 1. The fourth-order valence-electron chi connectivity index (χ4n) is 2.98. The molecule has 0 bridgehead atoms. The molecular formula is C19H30N4O. The highest BCUT2D eigenvalue weighted by atomic mass is 16.2. The molecule has 1 aliphatic heterocycles. The van der Waals surface area contributed by atoms with E-state index < -0.39 is 0 Å². The molecule has 1 heterocycles. The van der Waals surface area contributed by atoms with Crippen molar-refractivity contribution in [2.75, 3.05) is 33.2 Å². The SMILES string of the molecule is CN=C(NCC(=O)N1CCCCC1)NCC(C)c1cccc(C)c1. The number of hydrogen-bond acceptors (Lipinski definition) is 2. The minimum absolute atomic E-state index is 0.157. The Morgan fingerprint density at radius 1 is 1.25 bits per heavy atom. The van der Waals surface area contributed by atoms with Crippen LogP contribution in [0.5, 0.6) is 0 Å². The normalized spacial score (nSPS) is 16.6. The average Bonchev–Trinajstić information content (AvgIpc) is 2.62. The highest BCUT2D eigenvalue weighted by Gasteiger charge is 2.16. The van der Waals surface area contributed by atoms with E-state index in [1.807, 2.05) is 4.90 Å². The molecule has 24 heavy (non-hydrogen) atoms. The Balaban J connectivity index is 1.76. The van der Waals surface area contributed by atoms with Crippen LogP contribution in [-0.4, -0.2) is 50.0 Å². The zero-order valence-electron chi connectivity index (χ0n) is 15.1. The Bertz CT molecular complexity index is 564. The Labute approximate surface area is 145 Å². The molecule has 1 aromatic rings. The van der Waals surface area contributed by atoms with E-state index in [-0.39, 0.29) is 5.91 Å². The standard InChI is InChI=1S/C19H30N4O/c1-15-8-7-9-17(12-15)16(2)13-21-19(20-3)22-14-18(24)23-10-5-4-6-11-23/h7-9,12,16H,4-6,10-11,13-14H2,1-3H3,(H2,20,21,22). The van der Waals surface area contributed by atoms with Crippen molar-refractivity contribution in [2.45, 2.75) is 39.0 Å². The third kappa shape index (κ3) is 5.55. The Morgan fingerprint density at radius 2 is 2.00 bits per heavy atom. The number of benzene rings is 1. The van der Waals surface area contributed by atoms with Gasteiger partial charge in [-0.25, -0.2) is 0 Å². The number of carbonyl (C=O) groups is 1. The van der Waals surface area contributed by atoms with E-state index in [1.54, 1.807) is 7.05 Å². The first kappa shape index (κ1) is 18.3. The van der Waals surface area contributed by atoms with Crippen LogP contribution in [0.1, 0.15) is 43.2 Å². The molecule has 1 saturated heterocycles. The van der Waals surface area contributed by atoms with Gasteiger partial charge in [0, 0.05) is 26.7 Å². The van der Waals surface area contributed by atoms with E-state index in [0.29, 0.717) is 18.4 Å². The first-order valence-corrected chi connectivity index (χ1v) is 8.89. The molecule has 5 nitrogen and oxygen atoms in total. The number of aliphatic imine (C=N–C) groups is 1. The van der Waals surface area contributed by atoms with Crippen molar-refractivity contribution < 1.29 is 4.79 Å². The Morgan fingerprint density at radius 3 is 2.67 bits per heavy atom. The molecule has 1 aliphatic rings. The molecule has 0 saturated carbocycles. The number of guanidine groups is 1. The quantitative estimate of drug-likeness (QED) is 0.643. The van der Waals surface area contributed by atoms with Gasteiger partial charge in [0.05, 0.1) is 6.54 Å². The van der Waals surface area contributed by atoms with E-state index in [0.717, 1.165) is 32.5 Å². The maximum Gasteiger partial charge on any atom is 0.241 e. The second-order valence-electron chi connectivity index (χ2n) is 6.56. The summed E-state index contributed by atoms with van der Waals surface area (Å²) in [4.78, 5) is 18.4. The van der Waals surface area contributed by atoms with Crippen LogP contribution in [0.15, 0.2) is 29.3 Å². The number of nitrogens with one attached hydrogen (secondary N) is 2. The number of nitrogens with zero attached hydrogens (tertiary/aromatic N) is 2. The molecule has 5 heteroatoms. The summed E-state index contributed by atoms with van der Waals surface area (Å²) in [6.45, 7) is 7.15. The van der Waals surface area contributed by atoms with Crippen molar-refractivity contribution >= 4 is 11.9 Å². The Hall–Kier alpha value is -2.04. The van der Waals surface area contributed by atoms with Crippen LogP contribution >= 0.6 is 0 Å². The number of rotatable bonds is 5. The van der Waals surface area contributed by atoms with Gasteiger partial charge in [-0.15, -0.1) is 0 Å². The molecule has 0 aromatic heterocycles. The lowest BCUT2D eigenvalue weighted by Crippen LogP contribution is -2.46. The molecule has 0 spiro atoms. The highest BCUT2D eigenvalue weighted by molar-refractivity contribution is 5.86. The summed E-state index contributed by atoms with van der Waals surface area (Å²) in [6.07, 6.45) is 3.47. The third-order valence-electron chi connectivity index (χ3n) is 4.53. The van der Waals surface area contributed by atoms with Crippen molar-refractivity contribution in [3.8, 4) is 0 Å². The number of piperidine rings is 1. The summed E-state index contributed by atoms with van der Waals surface area (Å²) >= 11 is 0. The molecule has 0 radical (unpaired) electrons. The van der Waals surface area contributed by atoms with Crippen LogP contribution in [0.3, 0.4) is 0 Å². The zero-order chi connectivity index (χ0) is 17.4. The van der Waals surface area contributed by atoms with Gasteiger partial charge >= 0.3 is 0 Å². The van der Waals surface area contributed by atoms with Gasteiger partial charge in [-0.3, -0.25) is 9.79 Å². The van der Waals surface area contributed by atoms with E-state index in [1.165, 1.54) is 17.5 Å². The van der Waals surface area contributed by atoms with Crippen LogP contribution in [0.2, 0.25) is 0 Å². The predicted molar refractivity (Wildman–Crippen MR) is 99.4 cm³/mol. The number of carbonyl (C=O) groups excluding carboxylic acids is 1. The first-order valence-electron chi connectivity index (χ1n) is 8.89. The fraction of sp³-hybridized carbons (Fsp3) is 0.579. The summed E-state index contributed by atoms with van der Waals surface area (Å²) in [7, 11) is 1.73. The predicted octanol–water partition coefficient (Wildman–Crippen LogP) is 2.28. The molecule has 1 amide bonds. The minimum atomic E-state index is 0.157. The van der Waals surface area contributed by atoms with E-state index >= 15 is 0 Å². The second-order valence-corrected chi connectivity index (χ2v) is 6.56. The molecular weight excluding hydrogens is 300 g/mol. The van der Waals surface area contributed by atoms with Crippen LogP contribution in [0, 0.1) is 6.92 Å². The van der Waals surface area contributed by atoms with E-state index in [4.69, 9.17) is 0 Å². The maximum atomic E-state index is 12.2. The number of likely N-dealkylation sites (tertiary alicyclic amines) is 1. The summed E-state index contributed by atoms with van der Waals surface area (Å²) in [6, 6.07) is 8.56.